The number of hydrogen-bond acceptors (Lipinski definition) is 5. The molecule has 2 rings (SSSR count). The van der Waals surface area contributed by atoms with Crippen LogP contribution in [0.15, 0.2) is 54.7 Å². The number of nitrogens with two attached hydrogens (primary N) is 1. The van der Waals surface area contributed by atoms with E-state index in [4.69, 9.17) is 10.5 Å². The third-order valence-electron chi connectivity index (χ3n) is 3.16. The van der Waals surface area contributed by atoms with E-state index in [1.165, 1.54) is 12.3 Å². The van der Waals surface area contributed by atoms with E-state index in [1.807, 2.05) is 30.3 Å². The van der Waals surface area contributed by atoms with Gasteiger partial charge in [0.2, 0.25) is 5.91 Å². The van der Waals surface area contributed by atoms with Gasteiger partial charge in [-0.15, -0.1) is 0 Å². The van der Waals surface area contributed by atoms with Gasteiger partial charge in [-0.25, -0.2) is 0 Å². The molecule has 1 aromatic heterocycles. The second-order valence-corrected chi connectivity index (χ2v) is 4.99. The number of nitrogens with zero attached hydrogens (tertiary/aromatic N) is 1. The number of primary amides is 1. The van der Waals surface area contributed by atoms with Crippen molar-refractivity contribution in [2.24, 2.45) is 5.73 Å². The number of hydrogen-bond donors (Lipinski definition) is 2. The highest BCUT2D eigenvalue weighted by atomic mass is 16.5. The van der Waals surface area contributed by atoms with Gasteiger partial charge in [0.1, 0.15) is 18.3 Å². The topological polar surface area (TPSA) is 111 Å². The Morgan fingerprint density at radius 2 is 1.79 bits per heavy atom. The third-order valence-corrected chi connectivity index (χ3v) is 3.16. The molecule has 2 amide bonds. The van der Waals surface area contributed by atoms with Crippen LogP contribution < -0.4 is 11.1 Å². The normalized spacial score (nSPS) is 11.3. The molecule has 0 saturated heterocycles. The summed E-state index contributed by atoms with van der Waals surface area (Å²) < 4.78 is 5.08. The number of ether oxygens (including phenoxy) is 1. The van der Waals surface area contributed by atoms with E-state index in [1.54, 1.807) is 12.1 Å². The Labute approximate surface area is 138 Å². The van der Waals surface area contributed by atoms with Gasteiger partial charge in [0, 0.05) is 6.20 Å². The van der Waals surface area contributed by atoms with Crippen LogP contribution in [0.3, 0.4) is 0 Å². The minimum Gasteiger partial charge on any atom is -0.461 e. The number of amides is 2. The summed E-state index contributed by atoms with van der Waals surface area (Å²) in [7, 11) is 0. The van der Waals surface area contributed by atoms with Crippen LogP contribution in [0.1, 0.15) is 22.5 Å². The Morgan fingerprint density at radius 1 is 1.08 bits per heavy atom. The maximum atomic E-state index is 12.0. The molecule has 0 bridgehead atoms. The summed E-state index contributed by atoms with van der Waals surface area (Å²) in [5, 5.41) is 2.39. The molecule has 3 N–H and O–H groups in total. The SMILES string of the molecule is NC(=O)[C@@H](CC(=O)OCc1ccccc1)NC(=O)c1ccccn1. The summed E-state index contributed by atoms with van der Waals surface area (Å²) in [5.41, 5.74) is 6.18. The minimum atomic E-state index is -1.16. The Balaban J connectivity index is 1.89. The first kappa shape index (κ1) is 17.1. The van der Waals surface area contributed by atoms with Crippen molar-refractivity contribution in [3.63, 3.8) is 0 Å². The molecule has 2 aromatic rings. The van der Waals surface area contributed by atoms with Crippen LogP contribution in [0.2, 0.25) is 0 Å². The van der Waals surface area contributed by atoms with Gasteiger partial charge < -0.3 is 15.8 Å². The van der Waals surface area contributed by atoms with Gasteiger partial charge in [0.15, 0.2) is 0 Å². The first-order valence-electron chi connectivity index (χ1n) is 7.27. The second-order valence-electron chi connectivity index (χ2n) is 4.99. The molecule has 7 nitrogen and oxygen atoms in total. The fourth-order valence-corrected chi connectivity index (χ4v) is 1.92. The van der Waals surface area contributed by atoms with Crippen LogP contribution in [0.4, 0.5) is 0 Å². The van der Waals surface area contributed by atoms with E-state index < -0.39 is 23.8 Å². The van der Waals surface area contributed by atoms with E-state index in [0.29, 0.717) is 0 Å². The van der Waals surface area contributed by atoms with Crippen molar-refractivity contribution in [1.29, 1.82) is 0 Å². The van der Waals surface area contributed by atoms with Crippen molar-refractivity contribution in [1.82, 2.24) is 10.3 Å². The molecule has 1 heterocycles. The number of aromatic nitrogens is 1. The van der Waals surface area contributed by atoms with Gasteiger partial charge >= 0.3 is 5.97 Å². The maximum absolute atomic E-state index is 12.0. The Kier molecular flexibility index (Phi) is 6.01. The Morgan fingerprint density at radius 3 is 2.42 bits per heavy atom. The zero-order chi connectivity index (χ0) is 17.4. The highest BCUT2D eigenvalue weighted by Crippen LogP contribution is 2.04. The standard InChI is InChI=1S/C17H17N3O4/c18-16(22)14(20-17(23)13-8-4-5-9-19-13)10-15(21)24-11-12-6-2-1-3-7-12/h1-9,14H,10-11H2,(H2,18,22)(H,20,23)/t14-/m1/s1. The zero-order valence-corrected chi connectivity index (χ0v) is 12.8. The van der Waals surface area contributed by atoms with Crippen LogP contribution >= 0.6 is 0 Å². The average molecular weight is 327 g/mol. The molecule has 0 radical (unpaired) electrons. The number of nitrogens with one attached hydrogen (secondary N) is 1. The molecular formula is C17H17N3O4. The van der Waals surface area contributed by atoms with Gasteiger partial charge in [-0.3, -0.25) is 19.4 Å². The highest BCUT2D eigenvalue weighted by Gasteiger charge is 2.23. The summed E-state index contributed by atoms with van der Waals surface area (Å²) in [6, 6.07) is 12.7. The van der Waals surface area contributed by atoms with Crippen LogP contribution in [0.25, 0.3) is 0 Å². The predicted octanol–water partition coefficient (Wildman–Crippen LogP) is 0.799. The lowest BCUT2D eigenvalue weighted by atomic mass is 10.2. The summed E-state index contributed by atoms with van der Waals surface area (Å²) in [4.78, 5) is 39.2. The number of rotatable bonds is 7. The monoisotopic (exact) mass is 327 g/mol. The number of pyridine rings is 1. The lowest BCUT2D eigenvalue weighted by Gasteiger charge is -2.14. The Bertz CT molecular complexity index is 704. The molecule has 0 aliphatic rings. The number of esters is 1. The van der Waals surface area contributed by atoms with Crippen molar-refractivity contribution in [2.45, 2.75) is 19.1 Å². The number of carbonyl (C=O) groups is 3. The highest BCUT2D eigenvalue weighted by molar-refractivity contribution is 5.96. The van der Waals surface area contributed by atoms with Crippen molar-refractivity contribution in [3.8, 4) is 0 Å². The molecule has 0 unspecified atom stereocenters. The fraction of sp³-hybridized carbons (Fsp3) is 0.176. The minimum absolute atomic E-state index is 0.0827. The molecular weight excluding hydrogens is 310 g/mol. The quantitative estimate of drug-likeness (QED) is 0.731. The molecule has 124 valence electrons. The van der Waals surface area contributed by atoms with Crippen LogP contribution in [-0.2, 0) is 20.9 Å². The van der Waals surface area contributed by atoms with Gasteiger partial charge in [-0.1, -0.05) is 36.4 Å². The fourth-order valence-electron chi connectivity index (χ4n) is 1.92. The van der Waals surface area contributed by atoms with Crippen LogP contribution in [-0.4, -0.2) is 28.8 Å². The molecule has 0 fully saturated rings. The first-order valence-corrected chi connectivity index (χ1v) is 7.27. The molecule has 24 heavy (non-hydrogen) atoms. The van der Waals surface area contributed by atoms with Gasteiger partial charge in [0.25, 0.3) is 5.91 Å². The molecule has 0 aliphatic carbocycles. The Hall–Kier alpha value is -3.22. The molecule has 1 aromatic carbocycles. The van der Waals surface area contributed by atoms with Gasteiger partial charge in [-0.2, -0.15) is 0 Å². The van der Waals surface area contributed by atoms with E-state index in [-0.39, 0.29) is 18.7 Å². The van der Waals surface area contributed by atoms with Crippen molar-refractivity contribution in [3.05, 3.63) is 66.0 Å². The first-order chi connectivity index (χ1) is 11.6. The van der Waals surface area contributed by atoms with Crippen molar-refractivity contribution < 1.29 is 19.1 Å². The molecule has 0 saturated carbocycles. The van der Waals surface area contributed by atoms with E-state index in [2.05, 4.69) is 10.3 Å². The van der Waals surface area contributed by atoms with Crippen molar-refractivity contribution in [2.75, 3.05) is 0 Å². The predicted molar refractivity (Wildman–Crippen MR) is 85.5 cm³/mol. The lowest BCUT2D eigenvalue weighted by molar-refractivity contribution is -0.146. The summed E-state index contributed by atoms with van der Waals surface area (Å²) in [6.07, 6.45) is 1.10. The van der Waals surface area contributed by atoms with Crippen LogP contribution in [0.5, 0.6) is 0 Å². The number of carbonyl (C=O) groups excluding carboxylic acids is 3. The lowest BCUT2D eigenvalue weighted by Crippen LogP contribution is -2.46. The van der Waals surface area contributed by atoms with E-state index in [9.17, 15) is 14.4 Å². The molecule has 0 spiro atoms. The molecule has 1 atom stereocenters. The van der Waals surface area contributed by atoms with Gasteiger partial charge in [0.05, 0.1) is 6.42 Å². The number of benzene rings is 1. The van der Waals surface area contributed by atoms with Crippen LogP contribution in [0, 0.1) is 0 Å². The van der Waals surface area contributed by atoms with Gasteiger partial charge in [-0.05, 0) is 17.7 Å². The third kappa shape index (κ3) is 5.20. The summed E-state index contributed by atoms with van der Waals surface area (Å²) >= 11 is 0. The summed E-state index contributed by atoms with van der Waals surface area (Å²) in [5.74, 6) is -2.05. The summed E-state index contributed by atoms with van der Waals surface area (Å²) in [6.45, 7) is 0.0827. The van der Waals surface area contributed by atoms with Crippen molar-refractivity contribution >= 4 is 17.8 Å². The second kappa shape index (κ2) is 8.42. The van der Waals surface area contributed by atoms with E-state index >= 15 is 0 Å². The smallest absolute Gasteiger partial charge is 0.308 e. The largest absolute Gasteiger partial charge is 0.461 e. The molecule has 7 heteroatoms. The average Bonchev–Trinajstić information content (AvgIpc) is 2.61. The zero-order valence-electron chi connectivity index (χ0n) is 12.8. The molecule has 0 aliphatic heterocycles. The van der Waals surface area contributed by atoms with E-state index in [0.717, 1.165) is 5.56 Å². The maximum Gasteiger partial charge on any atom is 0.308 e.